The van der Waals surface area contributed by atoms with Crippen molar-refractivity contribution in [2.24, 2.45) is 0 Å². The van der Waals surface area contributed by atoms with E-state index >= 15 is 0 Å². The van der Waals surface area contributed by atoms with Gasteiger partial charge in [0.25, 0.3) is 0 Å². The number of methoxy groups -OCH3 is 1. The lowest BCUT2D eigenvalue weighted by molar-refractivity contribution is -0.121. The van der Waals surface area contributed by atoms with Crippen molar-refractivity contribution in [3.8, 4) is 5.75 Å². The van der Waals surface area contributed by atoms with Crippen LogP contribution in [0.4, 0.5) is 0 Å². The topological polar surface area (TPSA) is 88.6 Å². The largest absolute Gasteiger partial charge is 0.496 e. The molecule has 0 fully saturated rings. The third kappa shape index (κ3) is 4.77. The molecule has 1 N–H and O–H groups in total. The normalized spacial score (nSPS) is 11.4. The van der Waals surface area contributed by atoms with Crippen LogP contribution in [0.1, 0.15) is 11.3 Å². The van der Waals surface area contributed by atoms with Gasteiger partial charge in [0.05, 0.1) is 30.8 Å². The zero-order valence-corrected chi connectivity index (χ0v) is 15.2. The Kier molecular flexibility index (Phi) is 6.11. The highest BCUT2D eigenvalue weighted by Gasteiger charge is 2.23. The van der Waals surface area contributed by atoms with Crippen molar-refractivity contribution in [1.82, 2.24) is 14.6 Å². The van der Waals surface area contributed by atoms with Gasteiger partial charge in [-0.3, -0.25) is 9.78 Å². The molecule has 0 aliphatic heterocycles. The fourth-order valence-corrected chi connectivity index (χ4v) is 3.44. The average molecular weight is 363 g/mol. The molecule has 0 saturated heterocycles. The van der Waals surface area contributed by atoms with E-state index < -0.39 is 15.9 Å². The quantitative estimate of drug-likeness (QED) is 0.802. The maximum absolute atomic E-state index is 12.6. The first-order valence-electron chi connectivity index (χ1n) is 7.62. The Morgan fingerprint density at radius 3 is 2.64 bits per heavy atom. The number of rotatable bonds is 7. The van der Waals surface area contributed by atoms with Gasteiger partial charge in [-0.2, -0.15) is 4.31 Å². The number of hydrogen-bond donors (Lipinski definition) is 1. The predicted octanol–water partition coefficient (Wildman–Crippen LogP) is 1.34. The van der Waals surface area contributed by atoms with Crippen molar-refractivity contribution in [2.45, 2.75) is 18.4 Å². The van der Waals surface area contributed by atoms with Crippen LogP contribution >= 0.6 is 0 Å². The maximum atomic E-state index is 12.6. The molecule has 0 aliphatic rings. The van der Waals surface area contributed by atoms with E-state index in [1.54, 1.807) is 31.3 Å². The van der Waals surface area contributed by atoms with Gasteiger partial charge in [0, 0.05) is 13.2 Å². The zero-order chi connectivity index (χ0) is 18.4. The number of sulfonamides is 1. The molecule has 8 heteroatoms. The summed E-state index contributed by atoms with van der Waals surface area (Å²) in [7, 11) is -0.870. The summed E-state index contributed by atoms with van der Waals surface area (Å²) in [4.78, 5) is 16.2. The smallest absolute Gasteiger partial charge is 0.243 e. The van der Waals surface area contributed by atoms with Gasteiger partial charge >= 0.3 is 0 Å². The van der Waals surface area contributed by atoms with Crippen LogP contribution in [-0.2, 0) is 21.4 Å². The van der Waals surface area contributed by atoms with Crippen molar-refractivity contribution in [3.05, 3.63) is 53.9 Å². The van der Waals surface area contributed by atoms with E-state index in [9.17, 15) is 13.2 Å². The molecule has 2 aromatic rings. The van der Waals surface area contributed by atoms with Crippen LogP contribution in [0.3, 0.4) is 0 Å². The first kappa shape index (κ1) is 18.9. The fraction of sp³-hybridized carbons (Fsp3) is 0.294. The molecule has 0 spiro atoms. The molecular formula is C17H21N3O4S. The third-order valence-corrected chi connectivity index (χ3v) is 5.43. The lowest BCUT2D eigenvalue weighted by atomic mass is 10.2. The molecule has 0 bridgehead atoms. The van der Waals surface area contributed by atoms with Crippen molar-refractivity contribution in [1.29, 1.82) is 0 Å². The van der Waals surface area contributed by atoms with Gasteiger partial charge in [-0.05, 0) is 42.8 Å². The Labute approximate surface area is 147 Å². The zero-order valence-electron chi connectivity index (χ0n) is 14.4. The van der Waals surface area contributed by atoms with E-state index in [1.165, 1.54) is 26.3 Å². The number of nitrogens with one attached hydrogen (secondary N) is 1. The number of nitrogens with zero attached hydrogens (tertiary/aromatic N) is 2. The number of hydrogen-bond acceptors (Lipinski definition) is 5. The SMILES string of the molecule is COc1ccc(S(=O)(=O)N(C)CC(=O)NCc2ccccn2)cc1C. The summed E-state index contributed by atoms with van der Waals surface area (Å²) < 4.78 is 31.3. The molecule has 1 aromatic carbocycles. The summed E-state index contributed by atoms with van der Waals surface area (Å²) in [6, 6.07) is 9.96. The van der Waals surface area contributed by atoms with Gasteiger partial charge < -0.3 is 10.1 Å². The molecular weight excluding hydrogens is 342 g/mol. The lowest BCUT2D eigenvalue weighted by Gasteiger charge is -2.17. The highest BCUT2D eigenvalue weighted by Crippen LogP contribution is 2.23. The molecule has 1 aromatic heterocycles. The molecule has 0 aliphatic carbocycles. The Balaban J connectivity index is 2.02. The van der Waals surface area contributed by atoms with Crippen molar-refractivity contribution in [2.75, 3.05) is 20.7 Å². The van der Waals surface area contributed by atoms with E-state index in [2.05, 4.69) is 10.3 Å². The van der Waals surface area contributed by atoms with Crippen LogP contribution < -0.4 is 10.1 Å². The second-order valence-electron chi connectivity index (χ2n) is 5.49. The molecule has 1 heterocycles. The fourth-order valence-electron chi connectivity index (χ4n) is 2.23. The van der Waals surface area contributed by atoms with Crippen molar-refractivity contribution < 1.29 is 17.9 Å². The minimum Gasteiger partial charge on any atom is -0.496 e. The molecule has 2 rings (SSSR count). The number of amides is 1. The van der Waals surface area contributed by atoms with Crippen LogP contribution in [0.5, 0.6) is 5.75 Å². The second kappa shape index (κ2) is 8.09. The highest BCUT2D eigenvalue weighted by molar-refractivity contribution is 7.89. The summed E-state index contributed by atoms with van der Waals surface area (Å²) in [5.41, 5.74) is 1.41. The molecule has 0 unspecified atom stereocenters. The Morgan fingerprint density at radius 1 is 1.28 bits per heavy atom. The van der Waals surface area contributed by atoms with Gasteiger partial charge in [0.1, 0.15) is 5.75 Å². The number of aromatic nitrogens is 1. The molecule has 134 valence electrons. The minimum atomic E-state index is -3.76. The minimum absolute atomic E-state index is 0.117. The van der Waals surface area contributed by atoms with E-state index in [4.69, 9.17) is 4.74 Å². The number of carbonyl (C=O) groups excluding carboxylic acids is 1. The van der Waals surface area contributed by atoms with Crippen LogP contribution in [-0.4, -0.2) is 44.3 Å². The standard InChI is InChI=1S/C17H21N3O4S/c1-13-10-15(7-8-16(13)24-3)25(22,23)20(2)12-17(21)19-11-14-6-4-5-9-18-14/h4-10H,11-12H2,1-3H3,(H,19,21). The molecule has 0 saturated carbocycles. The molecule has 7 nitrogen and oxygen atoms in total. The van der Waals surface area contributed by atoms with Gasteiger partial charge in [-0.25, -0.2) is 8.42 Å². The second-order valence-corrected chi connectivity index (χ2v) is 7.54. The van der Waals surface area contributed by atoms with E-state index in [-0.39, 0.29) is 18.0 Å². The first-order valence-corrected chi connectivity index (χ1v) is 9.06. The van der Waals surface area contributed by atoms with Gasteiger partial charge in [-0.1, -0.05) is 6.07 Å². The molecule has 0 atom stereocenters. The van der Waals surface area contributed by atoms with Gasteiger partial charge in [0.15, 0.2) is 0 Å². The van der Waals surface area contributed by atoms with Crippen LogP contribution in [0.2, 0.25) is 0 Å². The average Bonchev–Trinajstić information content (AvgIpc) is 2.60. The van der Waals surface area contributed by atoms with Crippen LogP contribution in [0, 0.1) is 6.92 Å². The van der Waals surface area contributed by atoms with Crippen molar-refractivity contribution in [3.63, 3.8) is 0 Å². The molecule has 0 radical (unpaired) electrons. The summed E-state index contributed by atoms with van der Waals surface area (Å²) in [5, 5.41) is 2.66. The van der Waals surface area contributed by atoms with Gasteiger partial charge in [-0.15, -0.1) is 0 Å². The third-order valence-electron chi connectivity index (χ3n) is 3.63. The molecule has 25 heavy (non-hydrogen) atoms. The number of likely N-dealkylation sites (N-methyl/N-ethyl adjacent to an activating group) is 1. The van der Waals surface area contributed by atoms with Crippen LogP contribution in [0.25, 0.3) is 0 Å². The molecule has 1 amide bonds. The number of pyridine rings is 1. The number of ether oxygens (including phenoxy) is 1. The van der Waals surface area contributed by atoms with Crippen molar-refractivity contribution >= 4 is 15.9 Å². The summed E-state index contributed by atoms with van der Waals surface area (Å²) in [6.45, 7) is 1.73. The van der Waals surface area contributed by atoms with E-state index in [0.717, 1.165) is 4.31 Å². The van der Waals surface area contributed by atoms with E-state index in [1.807, 2.05) is 6.07 Å². The maximum Gasteiger partial charge on any atom is 0.243 e. The Hall–Kier alpha value is -2.45. The summed E-state index contributed by atoms with van der Waals surface area (Å²) >= 11 is 0. The summed E-state index contributed by atoms with van der Waals surface area (Å²) in [5.74, 6) is 0.205. The lowest BCUT2D eigenvalue weighted by Crippen LogP contribution is -2.38. The first-order chi connectivity index (χ1) is 11.8. The number of aryl methyl sites for hydroxylation is 1. The van der Waals surface area contributed by atoms with Crippen LogP contribution in [0.15, 0.2) is 47.5 Å². The Morgan fingerprint density at radius 2 is 2.04 bits per heavy atom. The Bertz CT molecular complexity index is 838. The highest BCUT2D eigenvalue weighted by atomic mass is 32.2. The van der Waals surface area contributed by atoms with E-state index in [0.29, 0.717) is 17.0 Å². The number of carbonyl (C=O) groups is 1. The van der Waals surface area contributed by atoms with Gasteiger partial charge in [0.2, 0.25) is 15.9 Å². The monoisotopic (exact) mass is 363 g/mol. The number of benzene rings is 1. The summed E-state index contributed by atoms with van der Waals surface area (Å²) in [6.07, 6.45) is 1.63. The predicted molar refractivity (Wildman–Crippen MR) is 93.6 cm³/mol.